The Labute approximate surface area is 138 Å². The Bertz CT molecular complexity index is 830. The number of rotatable bonds is 5. The van der Waals surface area contributed by atoms with Gasteiger partial charge in [0.15, 0.2) is 4.90 Å². The van der Waals surface area contributed by atoms with E-state index in [4.69, 9.17) is 0 Å². The van der Waals surface area contributed by atoms with E-state index in [1.807, 2.05) is 18.2 Å². The number of aryl methyl sites for hydroxylation is 1. The van der Waals surface area contributed by atoms with E-state index >= 15 is 0 Å². The fourth-order valence-corrected chi connectivity index (χ4v) is 5.27. The molecular weight excluding hydrogens is 336 g/mol. The van der Waals surface area contributed by atoms with Gasteiger partial charge in [0.25, 0.3) is 0 Å². The average Bonchev–Trinajstić information content (AvgIpc) is 3.04. The van der Waals surface area contributed by atoms with Gasteiger partial charge in [-0.2, -0.15) is 0 Å². The number of benzene rings is 1. The number of thiophene rings is 1. The smallest absolute Gasteiger partial charge is 0.258 e. The summed E-state index contributed by atoms with van der Waals surface area (Å²) < 4.78 is 27.3. The van der Waals surface area contributed by atoms with Crippen LogP contribution in [0.3, 0.4) is 0 Å². The maximum atomic E-state index is 12.4. The molecule has 1 aliphatic rings. The van der Waals surface area contributed by atoms with Crippen LogP contribution in [-0.2, 0) is 16.4 Å². The maximum absolute atomic E-state index is 12.4. The molecule has 6 nitrogen and oxygen atoms in total. The van der Waals surface area contributed by atoms with Gasteiger partial charge in [-0.05, 0) is 47.8 Å². The molecule has 3 rings (SSSR count). The van der Waals surface area contributed by atoms with E-state index in [1.165, 1.54) is 22.6 Å². The Morgan fingerprint density at radius 1 is 1.30 bits per heavy atom. The van der Waals surface area contributed by atoms with Gasteiger partial charge in [-0.25, -0.2) is 13.1 Å². The summed E-state index contributed by atoms with van der Waals surface area (Å²) in [6, 6.07) is 9.32. The van der Waals surface area contributed by atoms with Crippen molar-refractivity contribution in [1.82, 2.24) is 4.72 Å². The number of hydrogen-bond acceptors (Lipinski definition) is 5. The van der Waals surface area contributed by atoms with Gasteiger partial charge in [-0.1, -0.05) is 35.6 Å². The van der Waals surface area contributed by atoms with Crippen molar-refractivity contribution in [3.05, 3.63) is 57.0 Å². The van der Waals surface area contributed by atoms with Gasteiger partial charge in [-0.15, -0.1) is 0 Å². The Kier molecular flexibility index (Phi) is 4.47. The SMILES string of the molecule is O=[N+]([O-])c1sccc1S(=O)(=O)NCC1CCCc2ccccc21. The summed E-state index contributed by atoms with van der Waals surface area (Å²) >= 11 is 0.816. The lowest BCUT2D eigenvalue weighted by Gasteiger charge is -2.25. The second-order valence-electron chi connectivity index (χ2n) is 5.49. The zero-order valence-corrected chi connectivity index (χ0v) is 13.9. The monoisotopic (exact) mass is 352 g/mol. The zero-order chi connectivity index (χ0) is 16.4. The molecule has 1 atom stereocenters. The van der Waals surface area contributed by atoms with E-state index in [9.17, 15) is 18.5 Å². The van der Waals surface area contributed by atoms with Crippen molar-refractivity contribution in [2.45, 2.75) is 30.1 Å². The van der Waals surface area contributed by atoms with Crippen LogP contribution in [0.2, 0.25) is 0 Å². The molecule has 0 bridgehead atoms. The lowest BCUT2D eigenvalue weighted by Crippen LogP contribution is -2.30. The first-order valence-corrected chi connectivity index (χ1v) is 9.64. The van der Waals surface area contributed by atoms with Crippen LogP contribution >= 0.6 is 11.3 Å². The molecule has 0 saturated heterocycles. The lowest BCUT2D eigenvalue weighted by molar-refractivity contribution is -0.383. The second-order valence-corrected chi connectivity index (χ2v) is 8.12. The van der Waals surface area contributed by atoms with Gasteiger partial charge in [0.1, 0.15) is 0 Å². The first kappa shape index (κ1) is 16.1. The van der Waals surface area contributed by atoms with E-state index in [0.717, 1.165) is 30.6 Å². The average molecular weight is 352 g/mol. The molecule has 8 heteroatoms. The Balaban J connectivity index is 1.78. The number of nitro groups is 1. The molecule has 0 fully saturated rings. The van der Waals surface area contributed by atoms with E-state index in [2.05, 4.69) is 10.8 Å². The molecule has 0 saturated carbocycles. The Morgan fingerprint density at radius 2 is 2.09 bits per heavy atom. The molecule has 1 N–H and O–H groups in total. The van der Waals surface area contributed by atoms with Gasteiger partial charge < -0.3 is 0 Å². The first-order chi connectivity index (χ1) is 11.0. The van der Waals surface area contributed by atoms with Gasteiger partial charge in [0.2, 0.25) is 10.0 Å². The largest absolute Gasteiger partial charge is 0.344 e. The van der Waals surface area contributed by atoms with Crippen LogP contribution < -0.4 is 4.72 Å². The van der Waals surface area contributed by atoms with Crippen molar-refractivity contribution in [3.63, 3.8) is 0 Å². The van der Waals surface area contributed by atoms with Crippen LogP contribution in [0.4, 0.5) is 5.00 Å². The summed E-state index contributed by atoms with van der Waals surface area (Å²) in [6.45, 7) is 0.256. The van der Waals surface area contributed by atoms with Crippen molar-refractivity contribution in [1.29, 1.82) is 0 Å². The number of hydrogen-bond donors (Lipinski definition) is 1. The molecule has 0 amide bonds. The predicted molar refractivity (Wildman–Crippen MR) is 88.3 cm³/mol. The first-order valence-electron chi connectivity index (χ1n) is 7.28. The third-order valence-corrected chi connectivity index (χ3v) is 6.53. The molecule has 1 unspecified atom stereocenters. The van der Waals surface area contributed by atoms with Crippen molar-refractivity contribution >= 4 is 26.4 Å². The lowest BCUT2D eigenvalue weighted by atomic mass is 9.83. The highest BCUT2D eigenvalue weighted by Crippen LogP contribution is 2.32. The summed E-state index contributed by atoms with van der Waals surface area (Å²) in [7, 11) is -3.88. The minimum atomic E-state index is -3.88. The summed E-state index contributed by atoms with van der Waals surface area (Å²) in [5, 5.41) is 12.0. The minimum absolute atomic E-state index is 0.104. The quantitative estimate of drug-likeness (QED) is 0.661. The van der Waals surface area contributed by atoms with Crippen molar-refractivity contribution < 1.29 is 13.3 Å². The van der Waals surface area contributed by atoms with Crippen LogP contribution in [0.25, 0.3) is 0 Å². The number of sulfonamides is 1. The molecule has 122 valence electrons. The third-order valence-electron chi connectivity index (χ3n) is 4.08. The highest BCUT2D eigenvalue weighted by atomic mass is 32.2. The van der Waals surface area contributed by atoms with Crippen molar-refractivity contribution in [3.8, 4) is 0 Å². The molecule has 2 aromatic rings. The van der Waals surface area contributed by atoms with Crippen LogP contribution in [0.5, 0.6) is 0 Å². The van der Waals surface area contributed by atoms with Gasteiger partial charge in [-0.3, -0.25) is 10.1 Å². The molecule has 0 aliphatic heterocycles. The van der Waals surface area contributed by atoms with E-state index < -0.39 is 14.9 Å². The highest BCUT2D eigenvalue weighted by molar-refractivity contribution is 7.89. The van der Waals surface area contributed by atoms with Gasteiger partial charge >= 0.3 is 5.00 Å². The number of fused-ring (bicyclic) bond motifs is 1. The molecule has 0 radical (unpaired) electrons. The van der Waals surface area contributed by atoms with E-state index in [-0.39, 0.29) is 22.4 Å². The van der Waals surface area contributed by atoms with Crippen molar-refractivity contribution in [2.24, 2.45) is 0 Å². The molecular formula is C15H16N2O4S2. The summed E-state index contributed by atoms with van der Waals surface area (Å²) in [4.78, 5) is 10.0. The van der Waals surface area contributed by atoms with E-state index in [0.29, 0.717) is 0 Å². The van der Waals surface area contributed by atoms with Crippen molar-refractivity contribution in [2.75, 3.05) is 6.54 Å². The Morgan fingerprint density at radius 3 is 2.87 bits per heavy atom. The fraction of sp³-hybridized carbons (Fsp3) is 0.333. The Hall–Kier alpha value is -1.77. The highest BCUT2D eigenvalue weighted by Gasteiger charge is 2.29. The maximum Gasteiger partial charge on any atom is 0.344 e. The predicted octanol–water partition coefficient (Wildman–Crippen LogP) is 3.05. The van der Waals surface area contributed by atoms with Gasteiger partial charge in [0.05, 0.1) is 4.92 Å². The topological polar surface area (TPSA) is 89.3 Å². The van der Waals surface area contributed by atoms with E-state index in [1.54, 1.807) is 0 Å². The van der Waals surface area contributed by atoms with Gasteiger partial charge in [0, 0.05) is 6.54 Å². The molecule has 0 spiro atoms. The third kappa shape index (κ3) is 3.29. The molecule has 1 heterocycles. The number of nitrogens with one attached hydrogen (secondary N) is 1. The van der Waals surface area contributed by atoms with Crippen LogP contribution in [-0.4, -0.2) is 19.9 Å². The fourth-order valence-electron chi connectivity index (χ4n) is 2.98. The van der Waals surface area contributed by atoms with Crippen LogP contribution in [0.1, 0.15) is 29.9 Å². The summed E-state index contributed by atoms with van der Waals surface area (Å²) in [6.07, 6.45) is 2.93. The standard InChI is InChI=1S/C15H16N2O4S2/c18-17(19)15-14(8-9-22-15)23(20,21)16-10-12-6-3-5-11-4-1-2-7-13(11)12/h1-2,4,7-9,12,16H,3,5-6,10H2. The summed E-state index contributed by atoms with van der Waals surface area (Å²) in [5.41, 5.74) is 2.42. The normalized spacial score (nSPS) is 17.7. The second kappa shape index (κ2) is 6.38. The number of nitrogens with zero attached hydrogens (tertiary/aromatic N) is 1. The van der Waals surface area contributed by atoms with Crippen LogP contribution in [0, 0.1) is 10.1 Å². The molecule has 1 aromatic heterocycles. The zero-order valence-electron chi connectivity index (χ0n) is 12.3. The molecule has 1 aliphatic carbocycles. The molecule has 23 heavy (non-hydrogen) atoms. The summed E-state index contributed by atoms with van der Waals surface area (Å²) in [5.74, 6) is 0.104. The molecule has 1 aromatic carbocycles. The minimum Gasteiger partial charge on any atom is -0.258 e. The van der Waals surface area contributed by atoms with Crippen LogP contribution in [0.15, 0.2) is 40.6 Å².